The average molecular weight is 248 g/mol. The molecule has 3 nitrogen and oxygen atoms in total. The Morgan fingerprint density at radius 1 is 1.41 bits per heavy atom. The number of aryl methyl sites for hydroxylation is 1. The van der Waals surface area contributed by atoms with Gasteiger partial charge >= 0.3 is 0 Å². The lowest BCUT2D eigenvalue weighted by Gasteiger charge is -2.06. The highest BCUT2D eigenvalue weighted by Crippen LogP contribution is 2.22. The van der Waals surface area contributed by atoms with Crippen molar-refractivity contribution in [2.75, 3.05) is 0 Å². The van der Waals surface area contributed by atoms with Crippen molar-refractivity contribution in [3.63, 3.8) is 0 Å². The molecule has 2 rings (SSSR count). The molecular formula is C13H16N2OS. The number of hydrogen-bond donors (Lipinski definition) is 1. The molecule has 1 N–H and O–H groups in total. The summed E-state index contributed by atoms with van der Waals surface area (Å²) in [7, 11) is 0. The lowest BCUT2D eigenvalue weighted by atomic mass is 10.3. The van der Waals surface area contributed by atoms with Gasteiger partial charge in [-0.3, -0.25) is 4.79 Å². The molecule has 4 heteroatoms. The van der Waals surface area contributed by atoms with Crippen LogP contribution in [0.15, 0.2) is 24.3 Å². The van der Waals surface area contributed by atoms with Crippen LogP contribution in [-0.2, 0) is 11.2 Å². The third-order valence-electron chi connectivity index (χ3n) is 2.35. The summed E-state index contributed by atoms with van der Waals surface area (Å²) < 4.78 is 1.19. The monoisotopic (exact) mass is 248 g/mol. The SMILES string of the molecule is CC(C)NC(=O)CCc1nc2ccccc2s1. The molecule has 0 fully saturated rings. The quantitative estimate of drug-likeness (QED) is 0.904. The Morgan fingerprint density at radius 3 is 2.88 bits per heavy atom. The summed E-state index contributed by atoms with van der Waals surface area (Å²) in [6.45, 7) is 3.94. The number of fused-ring (bicyclic) bond motifs is 1. The van der Waals surface area contributed by atoms with Crippen molar-refractivity contribution in [1.29, 1.82) is 0 Å². The number of rotatable bonds is 4. The zero-order valence-corrected chi connectivity index (χ0v) is 10.9. The number of nitrogens with one attached hydrogen (secondary N) is 1. The molecule has 1 aromatic carbocycles. The summed E-state index contributed by atoms with van der Waals surface area (Å²) in [4.78, 5) is 16.0. The van der Waals surface area contributed by atoms with Crippen LogP contribution in [0.25, 0.3) is 10.2 Å². The molecule has 0 aliphatic rings. The van der Waals surface area contributed by atoms with Crippen molar-refractivity contribution in [3.8, 4) is 0 Å². The minimum Gasteiger partial charge on any atom is -0.354 e. The predicted molar refractivity (Wildman–Crippen MR) is 71.2 cm³/mol. The van der Waals surface area contributed by atoms with Gasteiger partial charge in [-0.2, -0.15) is 0 Å². The van der Waals surface area contributed by atoms with Crippen LogP contribution in [0.1, 0.15) is 25.3 Å². The molecule has 0 atom stereocenters. The molecule has 0 saturated heterocycles. The van der Waals surface area contributed by atoms with Gasteiger partial charge in [-0.05, 0) is 26.0 Å². The number of benzene rings is 1. The van der Waals surface area contributed by atoms with Crippen LogP contribution in [0.3, 0.4) is 0 Å². The van der Waals surface area contributed by atoms with Crippen molar-refractivity contribution >= 4 is 27.5 Å². The second-order valence-corrected chi connectivity index (χ2v) is 5.41. The minimum atomic E-state index is 0.0965. The second-order valence-electron chi connectivity index (χ2n) is 4.30. The molecular weight excluding hydrogens is 232 g/mol. The van der Waals surface area contributed by atoms with Gasteiger partial charge in [0.25, 0.3) is 0 Å². The molecule has 0 saturated carbocycles. The van der Waals surface area contributed by atoms with Gasteiger partial charge in [0.1, 0.15) is 0 Å². The average Bonchev–Trinajstić information content (AvgIpc) is 2.68. The molecule has 2 aromatic rings. The van der Waals surface area contributed by atoms with E-state index in [-0.39, 0.29) is 11.9 Å². The zero-order valence-electron chi connectivity index (χ0n) is 10.1. The Bertz CT molecular complexity index is 486. The van der Waals surface area contributed by atoms with Crippen LogP contribution < -0.4 is 5.32 Å². The zero-order chi connectivity index (χ0) is 12.3. The molecule has 0 radical (unpaired) electrons. The Labute approximate surface area is 105 Å². The predicted octanol–water partition coefficient (Wildman–Crippen LogP) is 2.75. The minimum absolute atomic E-state index is 0.0965. The number of aromatic nitrogens is 1. The number of thiazole rings is 1. The van der Waals surface area contributed by atoms with Gasteiger partial charge in [-0.25, -0.2) is 4.98 Å². The summed E-state index contributed by atoms with van der Waals surface area (Å²) >= 11 is 1.67. The van der Waals surface area contributed by atoms with Gasteiger partial charge in [-0.1, -0.05) is 12.1 Å². The Morgan fingerprint density at radius 2 is 2.18 bits per heavy atom. The highest BCUT2D eigenvalue weighted by atomic mass is 32.1. The number of carbonyl (C=O) groups is 1. The first-order valence-corrected chi connectivity index (χ1v) is 6.60. The highest BCUT2D eigenvalue weighted by molar-refractivity contribution is 7.18. The number of nitrogens with zero attached hydrogens (tertiary/aromatic N) is 1. The first-order valence-electron chi connectivity index (χ1n) is 5.79. The number of carbonyl (C=O) groups excluding carboxylic acids is 1. The molecule has 1 heterocycles. The van der Waals surface area contributed by atoms with E-state index in [4.69, 9.17) is 0 Å². The maximum absolute atomic E-state index is 11.5. The van der Waals surface area contributed by atoms with Gasteiger partial charge in [0, 0.05) is 18.9 Å². The Kier molecular flexibility index (Phi) is 3.74. The maximum atomic E-state index is 11.5. The first kappa shape index (κ1) is 12.0. The van der Waals surface area contributed by atoms with E-state index >= 15 is 0 Å². The van der Waals surface area contributed by atoms with Crippen molar-refractivity contribution < 1.29 is 4.79 Å². The van der Waals surface area contributed by atoms with Crippen LogP contribution in [0, 0.1) is 0 Å². The fourth-order valence-electron chi connectivity index (χ4n) is 1.64. The van der Waals surface area contributed by atoms with E-state index in [9.17, 15) is 4.79 Å². The Balaban J connectivity index is 1.97. The van der Waals surface area contributed by atoms with E-state index in [1.807, 2.05) is 32.0 Å². The van der Waals surface area contributed by atoms with Gasteiger partial charge in [0.05, 0.1) is 15.2 Å². The fourth-order valence-corrected chi connectivity index (χ4v) is 2.61. The first-order chi connectivity index (χ1) is 8.15. The molecule has 0 bridgehead atoms. The molecule has 0 unspecified atom stereocenters. The van der Waals surface area contributed by atoms with E-state index in [0.29, 0.717) is 6.42 Å². The normalized spacial score (nSPS) is 11.0. The topological polar surface area (TPSA) is 42.0 Å². The third-order valence-corrected chi connectivity index (χ3v) is 3.45. The standard InChI is InChI=1S/C13H16N2OS/c1-9(2)14-12(16)7-8-13-15-10-5-3-4-6-11(10)17-13/h3-6,9H,7-8H2,1-2H3,(H,14,16). The van der Waals surface area contributed by atoms with Gasteiger partial charge in [0.2, 0.25) is 5.91 Å². The summed E-state index contributed by atoms with van der Waals surface area (Å²) in [5, 5.41) is 3.92. The van der Waals surface area contributed by atoms with Crippen LogP contribution in [-0.4, -0.2) is 16.9 Å². The maximum Gasteiger partial charge on any atom is 0.220 e. The molecule has 17 heavy (non-hydrogen) atoms. The van der Waals surface area contributed by atoms with Crippen molar-refractivity contribution in [1.82, 2.24) is 10.3 Å². The van der Waals surface area contributed by atoms with Gasteiger partial charge in [-0.15, -0.1) is 11.3 Å². The summed E-state index contributed by atoms with van der Waals surface area (Å²) in [6, 6.07) is 8.26. The van der Waals surface area contributed by atoms with E-state index in [0.717, 1.165) is 16.9 Å². The number of para-hydroxylation sites is 1. The van der Waals surface area contributed by atoms with Crippen LogP contribution in [0.5, 0.6) is 0 Å². The summed E-state index contributed by atoms with van der Waals surface area (Å²) in [5.74, 6) is 0.0965. The molecule has 0 spiro atoms. The van der Waals surface area contributed by atoms with E-state index < -0.39 is 0 Å². The number of amides is 1. The Hall–Kier alpha value is -1.42. The summed E-state index contributed by atoms with van der Waals surface area (Å²) in [6.07, 6.45) is 1.23. The van der Waals surface area contributed by atoms with Crippen molar-refractivity contribution in [2.45, 2.75) is 32.7 Å². The van der Waals surface area contributed by atoms with Gasteiger partial charge < -0.3 is 5.32 Å². The van der Waals surface area contributed by atoms with Crippen LogP contribution in [0.4, 0.5) is 0 Å². The lowest BCUT2D eigenvalue weighted by molar-refractivity contribution is -0.121. The molecule has 1 aromatic heterocycles. The van der Waals surface area contributed by atoms with Crippen LogP contribution >= 0.6 is 11.3 Å². The molecule has 0 aliphatic carbocycles. The molecule has 90 valence electrons. The number of hydrogen-bond acceptors (Lipinski definition) is 3. The fraction of sp³-hybridized carbons (Fsp3) is 0.385. The molecule has 0 aliphatic heterocycles. The second kappa shape index (κ2) is 5.27. The van der Waals surface area contributed by atoms with Crippen LogP contribution in [0.2, 0.25) is 0 Å². The third kappa shape index (κ3) is 3.27. The van der Waals surface area contributed by atoms with Crippen molar-refractivity contribution in [3.05, 3.63) is 29.3 Å². The van der Waals surface area contributed by atoms with Crippen molar-refractivity contribution in [2.24, 2.45) is 0 Å². The largest absolute Gasteiger partial charge is 0.354 e. The van der Waals surface area contributed by atoms with E-state index in [2.05, 4.69) is 16.4 Å². The smallest absolute Gasteiger partial charge is 0.220 e. The van der Waals surface area contributed by atoms with E-state index in [1.54, 1.807) is 11.3 Å². The highest BCUT2D eigenvalue weighted by Gasteiger charge is 2.07. The molecule has 1 amide bonds. The summed E-state index contributed by atoms with van der Waals surface area (Å²) in [5.41, 5.74) is 1.02. The van der Waals surface area contributed by atoms with Gasteiger partial charge in [0.15, 0.2) is 0 Å². The lowest BCUT2D eigenvalue weighted by Crippen LogP contribution is -2.30. The van der Waals surface area contributed by atoms with E-state index in [1.165, 1.54) is 4.70 Å².